The van der Waals surface area contributed by atoms with E-state index >= 15 is 0 Å². The molecule has 0 bridgehead atoms. The Morgan fingerprint density at radius 2 is 2.30 bits per heavy atom. The summed E-state index contributed by atoms with van der Waals surface area (Å²) in [7, 11) is 0. The largest absolute Gasteiger partial charge is 0.375 e. The fourth-order valence-electron chi connectivity index (χ4n) is 2.55. The predicted octanol–water partition coefficient (Wildman–Crippen LogP) is 2.45. The fourth-order valence-corrected chi connectivity index (χ4v) is 3.52. The molecule has 3 rings (SSSR count). The number of aryl methyl sites for hydroxylation is 1. The van der Waals surface area contributed by atoms with Crippen LogP contribution < -0.4 is 10.6 Å². The third kappa shape index (κ3) is 2.45. The molecule has 5 nitrogen and oxygen atoms in total. The third-order valence-corrected chi connectivity index (χ3v) is 4.86. The number of aromatic nitrogens is 2. The second kappa shape index (κ2) is 5.54. The average molecular weight is 292 g/mol. The van der Waals surface area contributed by atoms with E-state index in [0.717, 1.165) is 48.6 Å². The van der Waals surface area contributed by atoms with Crippen molar-refractivity contribution < 1.29 is 4.74 Å². The van der Waals surface area contributed by atoms with Gasteiger partial charge in [0, 0.05) is 18.0 Å². The first-order valence-electron chi connectivity index (χ1n) is 7.13. The maximum absolute atomic E-state index is 5.88. The second-order valence-electron chi connectivity index (χ2n) is 5.04. The molecule has 1 saturated heterocycles. The van der Waals surface area contributed by atoms with Gasteiger partial charge in [-0.2, -0.15) is 4.98 Å². The highest BCUT2D eigenvalue weighted by molar-refractivity contribution is 7.18. The van der Waals surface area contributed by atoms with Gasteiger partial charge in [-0.25, -0.2) is 4.98 Å². The topological polar surface area (TPSA) is 64.3 Å². The lowest BCUT2D eigenvalue weighted by atomic mass is 10.2. The molecule has 0 spiro atoms. The van der Waals surface area contributed by atoms with Crippen molar-refractivity contribution in [2.45, 2.75) is 32.8 Å². The van der Waals surface area contributed by atoms with E-state index in [2.05, 4.69) is 34.8 Å². The number of morpholine rings is 1. The van der Waals surface area contributed by atoms with Gasteiger partial charge >= 0.3 is 0 Å². The zero-order valence-corrected chi connectivity index (χ0v) is 12.7. The summed E-state index contributed by atoms with van der Waals surface area (Å²) in [6.45, 7) is 6.79. The Morgan fingerprint density at radius 3 is 3.05 bits per heavy atom. The summed E-state index contributed by atoms with van der Waals surface area (Å²) in [6.07, 6.45) is 2.31. The van der Waals surface area contributed by atoms with E-state index in [1.54, 1.807) is 11.3 Å². The van der Waals surface area contributed by atoms with E-state index in [9.17, 15) is 0 Å². The van der Waals surface area contributed by atoms with Crippen LogP contribution in [0, 0.1) is 0 Å². The molecule has 2 aromatic rings. The van der Waals surface area contributed by atoms with Crippen LogP contribution in [0.15, 0.2) is 6.07 Å². The van der Waals surface area contributed by atoms with Gasteiger partial charge in [0.15, 0.2) is 0 Å². The molecule has 20 heavy (non-hydrogen) atoms. The summed E-state index contributed by atoms with van der Waals surface area (Å²) in [5.74, 6) is 1.32. The first-order valence-corrected chi connectivity index (χ1v) is 7.95. The number of rotatable bonds is 3. The van der Waals surface area contributed by atoms with E-state index < -0.39 is 0 Å². The minimum atomic E-state index is 0.277. The van der Waals surface area contributed by atoms with Gasteiger partial charge in [-0.3, -0.25) is 0 Å². The highest BCUT2D eigenvalue weighted by Gasteiger charge is 2.23. The third-order valence-electron chi connectivity index (χ3n) is 3.68. The molecule has 2 aromatic heterocycles. The van der Waals surface area contributed by atoms with Crippen LogP contribution in [0.25, 0.3) is 10.2 Å². The number of nitrogens with zero attached hydrogens (tertiary/aromatic N) is 3. The van der Waals surface area contributed by atoms with Crippen LogP contribution in [0.1, 0.15) is 25.1 Å². The lowest BCUT2D eigenvalue weighted by molar-refractivity contribution is 0.0383. The normalized spacial score (nSPS) is 19.7. The number of ether oxygens (including phenoxy) is 1. The van der Waals surface area contributed by atoms with Gasteiger partial charge in [0.25, 0.3) is 0 Å². The van der Waals surface area contributed by atoms with Crippen LogP contribution in [0.3, 0.4) is 0 Å². The summed E-state index contributed by atoms with van der Waals surface area (Å²) in [5.41, 5.74) is 5.88. The van der Waals surface area contributed by atoms with E-state index in [4.69, 9.17) is 10.5 Å². The van der Waals surface area contributed by atoms with E-state index in [0.29, 0.717) is 5.95 Å². The quantitative estimate of drug-likeness (QED) is 0.941. The molecule has 0 amide bonds. The first kappa shape index (κ1) is 13.6. The monoisotopic (exact) mass is 292 g/mol. The Labute approximate surface area is 122 Å². The van der Waals surface area contributed by atoms with Crippen molar-refractivity contribution in [1.29, 1.82) is 0 Å². The number of nitrogens with two attached hydrogens (primary N) is 1. The van der Waals surface area contributed by atoms with Gasteiger partial charge in [-0.05, 0) is 18.9 Å². The van der Waals surface area contributed by atoms with Crippen LogP contribution in [0.2, 0.25) is 0 Å². The minimum absolute atomic E-state index is 0.277. The second-order valence-corrected chi connectivity index (χ2v) is 6.15. The Hall–Kier alpha value is -1.40. The molecular formula is C14H20N4OS. The average Bonchev–Trinajstić information content (AvgIpc) is 2.89. The van der Waals surface area contributed by atoms with Crippen molar-refractivity contribution in [2.24, 2.45) is 0 Å². The van der Waals surface area contributed by atoms with Gasteiger partial charge in [0.2, 0.25) is 5.95 Å². The van der Waals surface area contributed by atoms with Crippen LogP contribution in [0.4, 0.5) is 11.8 Å². The Bertz CT molecular complexity index is 612. The summed E-state index contributed by atoms with van der Waals surface area (Å²) < 4.78 is 5.73. The van der Waals surface area contributed by atoms with Crippen molar-refractivity contribution in [3.63, 3.8) is 0 Å². The molecule has 1 fully saturated rings. The smallest absolute Gasteiger partial charge is 0.223 e. The van der Waals surface area contributed by atoms with Crippen LogP contribution in [0.5, 0.6) is 0 Å². The van der Waals surface area contributed by atoms with Gasteiger partial charge in [0.05, 0.1) is 18.1 Å². The summed E-state index contributed by atoms with van der Waals surface area (Å²) >= 11 is 1.71. The zero-order chi connectivity index (χ0) is 14.1. The van der Waals surface area contributed by atoms with Crippen molar-refractivity contribution in [3.05, 3.63) is 10.9 Å². The maximum atomic E-state index is 5.88. The standard InChI is InChI=1S/C14H20N4OS/c1-3-9-8-18(5-6-19-9)12-11-7-10(4-2)20-13(11)17-14(15)16-12/h7,9H,3-6,8H2,1-2H3,(H2,15,16,17). The zero-order valence-electron chi connectivity index (χ0n) is 11.9. The van der Waals surface area contributed by atoms with Gasteiger partial charge in [0.1, 0.15) is 10.6 Å². The van der Waals surface area contributed by atoms with Crippen LogP contribution in [-0.2, 0) is 11.2 Å². The number of hydrogen-bond donors (Lipinski definition) is 1. The van der Waals surface area contributed by atoms with E-state index in [-0.39, 0.29) is 6.10 Å². The molecule has 1 aliphatic heterocycles. The minimum Gasteiger partial charge on any atom is -0.375 e. The van der Waals surface area contributed by atoms with Crippen LogP contribution >= 0.6 is 11.3 Å². The lowest BCUT2D eigenvalue weighted by Crippen LogP contribution is -2.42. The number of anilines is 2. The molecule has 1 atom stereocenters. The molecule has 0 radical (unpaired) electrons. The Morgan fingerprint density at radius 1 is 1.45 bits per heavy atom. The molecule has 2 N–H and O–H groups in total. The van der Waals surface area contributed by atoms with Crippen LogP contribution in [-0.4, -0.2) is 35.8 Å². The molecule has 0 saturated carbocycles. The van der Waals surface area contributed by atoms with Crippen molar-refractivity contribution in [3.8, 4) is 0 Å². The summed E-state index contributed by atoms with van der Waals surface area (Å²) in [4.78, 5) is 13.4. The van der Waals surface area contributed by atoms with Gasteiger partial charge < -0.3 is 15.4 Å². The first-order chi connectivity index (χ1) is 9.71. The van der Waals surface area contributed by atoms with Crippen molar-refractivity contribution in [2.75, 3.05) is 30.3 Å². The molecule has 0 aromatic carbocycles. The summed E-state index contributed by atoms with van der Waals surface area (Å²) in [6, 6.07) is 2.20. The fraction of sp³-hybridized carbons (Fsp3) is 0.571. The number of hydrogen-bond acceptors (Lipinski definition) is 6. The molecule has 108 valence electrons. The van der Waals surface area contributed by atoms with Crippen molar-refractivity contribution >= 4 is 33.3 Å². The molecular weight excluding hydrogens is 272 g/mol. The summed E-state index contributed by atoms with van der Waals surface area (Å²) in [5, 5.41) is 1.12. The molecule has 1 unspecified atom stereocenters. The van der Waals surface area contributed by atoms with E-state index in [1.807, 2.05) is 0 Å². The Balaban J connectivity index is 2.03. The lowest BCUT2D eigenvalue weighted by Gasteiger charge is -2.33. The van der Waals surface area contributed by atoms with E-state index in [1.165, 1.54) is 4.88 Å². The highest BCUT2D eigenvalue weighted by Crippen LogP contribution is 2.32. The highest BCUT2D eigenvalue weighted by atomic mass is 32.1. The number of fused-ring (bicyclic) bond motifs is 1. The van der Waals surface area contributed by atoms with Gasteiger partial charge in [-0.15, -0.1) is 11.3 Å². The molecule has 6 heteroatoms. The SMILES string of the molecule is CCc1cc2c(N3CCOC(CC)C3)nc(N)nc2s1. The Kier molecular flexibility index (Phi) is 3.76. The molecule has 1 aliphatic rings. The molecule has 3 heterocycles. The maximum Gasteiger partial charge on any atom is 0.223 e. The number of thiophene rings is 1. The molecule has 0 aliphatic carbocycles. The number of nitrogen functional groups attached to an aromatic ring is 1. The predicted molar refractivity (Wildman–Crippen MR) is 83.4 cm³/mol. The van der Waals surface area contributed by atoms with Crippen molar-refractivity contribution in [1.82, 2.24) is 9.97 Å². The van der Waals surface area contributed by atoms with Gasteiger partial charge in [-0.1, -0.05) is 13.8 Å².